The third kappa shape index (κ3) is 2.30. The van der Waals surface area contributed by atoms with Crippen LogP contribution >= 0.6 is 0 Å². The largest absolute Gasteiger partial charge is 0.495 e. The SMILES string of the molecule is COc1cc(CN)ccc1N1CC2(CCOCC2)C1. The lowest BCUT2D eigenvalue weighted by atomic mass is 9.73. The van der Waals surface area contributed by atoms with E-state index in [0.29, 0.717) is 12.0 Å². The van der Waals surface area contributed by atoms with Gasteiger partial charge in [-0.15, -0.1) is 0 Å². The molecule has 2 heterocycles. The molecule has 0 aliphatic carbocycles. The summed E-state index contributed by atoms with van der Waals surface area (Å²) in [4.78, 5) is 2.41. The van der Waals surface area contributed by atoms with Gasteiger partial charge in [-0.05, 0) is 30.5 Å². The maximum absolute atomic E-state index is 5.67. The fraction of sp³-hybridized carbons (Fsp3) is 0.600. The Kier molecular flexibility index (Phi) is 3.37. The van der Waals surface area contributed by atoms with Crippen LogP contribution in [0, 0.1) is 5.41 Å². The predicted octanol–water partition coefficient (Wildman–Crippen LogP) is 1.77. The van der Waals surface area contributed by atoms with Crippen molar-refractivity contribution in [2.24, 2.45) is 11.1 Å². The van der Waals surface area contributed by atoms with Crippen LogP contribution in [0.3, 0.4) is 0 Å². The summed E-state index contributed by atoms with van der Waals surface area (Å²) in [5, 5.41) is 0. The quantitative estimate of drug-likeness (QED) is 0.902. The summed E-state index contributed by atoms with van der Waals surface area (Å²) in [7, 11) is 1.73. The zero-order valence-corrected chi connectivity index (χ0v) is 11.5. The molecule has 104 valence electrons. The highest BCUT2D eigenvalue weighted by molar-refractivity contribution is 5.62. The highest BCUT2D eigenvalue weighted by atomic mass is 16.5. The number of ether oxygens (including phenoxy) is 2. The van der Waals surface area contributed by atoms with Gasteiger partial charge < -0.3 is 20.1 Å². The number of hydrogen-bond donors (Lipinski definition) is 1. The predicted molar refractivity (Wildman–Crippen MR) is 75.6 cm³/mol. The number of methoxy groups -OCH3 is 1. The summed E-state index contributed by atoms with van der Waals surface area (Å²) >= 11 is 0. The Morgan fingerprint density at radius 2 is 2.05 bits per heavy atom. The first-order valence-electron chi connectivity index (χ1n) is 6.96. The first-order chi connectivity index (χ1) is 9.26. The zero-order chi connectivity index (χ0) is 13.3. The molecule has 0 atom stereocenters. The van der Waals surface area contributed by atoms with E-state index in [-0.39, 0.29) is 0 Å². The third-order valence-electron chi connectivity index (χ3n) is 4.43. The number of nitrogens with zero attached hydrogens (tertiary/aromatic N) is 1. The first-order valence-corrected chi connectivity index (χ1v) is 6.96. The molecular weight excluding hydrogens is 240 g/mol. The van der Waals surface area contributed by atoms with E-state index < -0.39 is 0 Å². The Morgan fingerprint density at radius 1 is 1.32 bits per heavy atom. The minimum atomic E-state index is 0.482. The molecular formula is C15H22N2O2. The van der Waals surface area contributed by atoms with Gasteiger partial charge in [-0.2, -0.15) is 0 Å². The average molecular weight is 262 g/mol. The van der Waals surface area contributed by atoms with Gasteiger partial charge in [0.2, 0.25) is 0 Å². The lowest BCUT2D eigenvalue weighted by Gasteiger charge is -2.53. The summed E-state index contributed by atoms with van der Waals surface area (Å²) < 4.78 is 11.0. The monoisotopic (exact) mass is 262 g/mol. The number of anilines is 1. The van der Waals surface area contributed by atoms with E-state index >= 15 is 0 Å². The van der Waals surface area contributed by atoms with Crippen LogP contribution < -0.4 is 15.4 Å². The van der Waals surface area contributed by atoms with Crippen LogP contribution in [-0.2, 0) is 11.3 Å². The minimum Gasteiger partial charge on any atom is -0.495 e. The van der Waals surface area contributed by atoms with Crippen molar-refractivity contribution in [3.05, 3.63) is 23.8 Å². The van der Waals surface area contributed by atoms with Crippen LogP contribution in [0.25, 0.3) is 0 Å². The molecule has 2 fully saturated rings. The molecule has 0 amide bonds. The molecule has 1 spiro atoms. The van der Waals surface area contributed by atoms with Gasteiger partial charge in [0, 0.05) is 38.3 Å². The van der Waals surface area contributed by atoms with Gasteiger partial charge in [0.1, 0.15) is 5.75 Å². The third-order valence-corrected chi connectivity index (χ3v) is 4.43. The van der Waals surface area contributed by atoms with E-state index in [0.717, 1.165) is 37.6 Å². The van der Waals surface area contributed by atoms with Gasteiger partial charge in [0.25, 0.3) is 0 Å². The van der Waals surface area contributed by atoms with Crippen molar-refractivity contribution >= 4 is 5.69 Å². The fourth-order valence-electron chi connectivity index (χ4n) is 3.16. The summed E-state index contributed by atoms with van der Waals surface area (Å²) in [6.07, 6.45) is 2.37. The number of benzene rings is 1. The highest BCUT2D eigenvalue weighted by Crippen LogP contribution is 2.44. The Balaban J connectivity index is 1.74. The standard InChI is InChI=1S/C15H22N2O2/c1-18-14-8-12(9-16)2-3-13(14)17-10-15(11-17)4-6-19-7-5-15/h2-3,8H,4-7,9-11,16H2,1H3. The molecule has 4 heteroatoms. The molecule has 0 bridgehead atoms. The van der Waals surface area contributed by atoms with Crippen LogP contribution in [0.5, 0.6) is 5.75 Å². The second-order valence-electron chi connectivity index (χ2n) is 5.68. The molecule has 1 aromatic carbocycles. The minimum absolute atomic E-state index is 0.482. The van der Waals surface area contributed by atoms with Crippen molar-refractivity contribution < 1.29 is 9.47 Å². The van der Waals surface area contributed by atoms with Gasteiger partial charge in [0.05, 0.1) is 12.8 Å². The van der Waals surface area contributed by atoms with Gasteiger partial charge >= 0.3 is 0 Å². The fourth-order valence-corrected chi connectivity index (χ4v) is 3.16. The first kappa shape index (κ1) is 12.8. The maximum Gasteiger partial charge on any atom is 0.142 e. The molecule has 2 N–H and O–H groups in total. The molecule has 2 saturated heterocycles. The normalized spacial score (nSPS) is 21.3. The molecule has 0 unspecified atom stereocenters. The van der Waals surface area contributed by atoms with Crippen molar-refractivity contribution in [1.29, 1.82) is 0 Å². The molecule has 0 radical (unpaired) electrons. The van der Waals surface area contributed by atoms with Crippen LogP contribution in [0.1, 0.15) is 18.4 Å². The number of hydrogen-bond acceptors (Lipinski definition) is 4. The van der Waals surface area contributed by atoms with Crippen LogP contribution in [0.2, 0.25) is 0 Å². The van der Waals surface area contributed by atoms with Crippen molar-refractivity contribution in [2.45, 2.75) is 19.4 Å². The van der Waals surface area contributed by atoms with E-state index in [1.165, 1.54) is 18.5 Å². The smallest absolute Gasteiger partial charge is 0.142 e. The summed E-state index contributed by atoms with van der Waals surface area (Å²) in [6, 6.07) is 6.27. The van der Waals surface area contributed by atoms with Crippen molar-refractivity contribution in [3.8, 4) is 5.75 Å². The van der Waals surface area contributed by atoms with E-state index in [1.807, 2.05) is 6.07 Å². The molecule has 1 aromatic rings. The van der Waals surface area contributed by atoms with E-state index in [4.69, 9.17) is 15.2 Å². The summed E-state index contributed by atoms with van der Waals surface area (Å²) in [5.74, 6) is 0.935. The van der Waals surface area contributed by atoms with Gasteiger partial charge in [-0.3, -0.25) is 0 Å². The van der Waals surface area contributed by atoms with Gasteiger partial charge in [-0.1, -0.05) is 6.07 Å². The van der Waals surface area contributed by atoms with Crippen molar-refractivity contribution in [2.75, 3.05) is 38.3 Å². The Bertz CT molecular complexity index is 447. The van der Waals surface area contributed by atoms with Crippen LogP contribution in [0.15, 0.2) is 18.2 Å². The molecule has 0 saturated carbocycles. The summed E-state index contributed by atoms with van der Waals surface area (Å²) in [6.45, 7) is 4.62. The number of nitrogens with two attached hydrogens (primary N) is 1. The number of rotatable bonds is 3. The molecule has 0 aromatic heterocycles. The van der Waals surface area contributed by atoms with E-state index in [2.05, 4.69) is 17.0 Å². The Hall–Kier alpha value is -1.26. The second-order valence-corrected chi connectivity index (χ2v) is 5.68. The maximum atomic E-state index is 5.67. The van der Waals surface area contributed by atoms with Crippen LogP contribution in [0.4, 0.5) is 5.69 Å². The zero-order valence-electron chi connectivity index (χ0n) is 11.5. The van der Waals surface area contributed by atoms with Gasteiger partial charge in [-0.25, -0.2) is 0 Å². The molecule has 3 rings (SSSR count). The molecule has 19 heavy (non-hydrogen) atoms. The lowest BCUT2D eigenvalue weighted by molar-refractivity contribution is -0.000313. The van der Waals surface area contributed by atoms with E-state index in [9.17, 15) is 0 Å². The van der Waals surface area contributed by atoms with Gasteiger partial charge in [0.15, 0.2) is 0 Å². The van der Waals surface area contributed by atoms with Crippen molar-refractivity contribution in [1.82, 2.24) is 0 Å². The topological polar surface area (TPSA) is 47.7 Å². The summed E-state index contributed by atoms with van der Waals surface area (Å²) in [5.41, 5.74) is 8.46. The molecule has 2 aliphatic rings. The Labute approximate surface area is 114 Å². The lowest BCUT2D eigenvalue weighted by Crippen LogP contribution is -2.58. The van der Waals surface area contributed by atoms with Crippen LogP contribution in [-0.4, -0.2) is 33.4 Å². The molecule has 4 nitrogen and oxygen atoms in total. The second kappa shape index (κ2) is 5.02. The highest BCUT2D eigenvalue weighted by Gasteiger charge is 2.44. The van der Waals surface area contributed by atoms with Crippen molar-refractivity contribution in [3.63, 3.8) is 0 Å². The molecule has 2 aliphatic heterocycles. The average Bonchev–Trinajstić information content (AvgIpc) is 2.45. The Morgan fingerprint density at radius 3 is 2.68 bits per heavy atom. The van der Waals surface area contributed by atoms with E-state index in [1.54, 1.807) is 7.11 Å².